The van der Waals surface area contributed by atoms with Gasteiger partial charge in [-0.2, -0.15) is 0 Å². The third-order valence-corrected chi connectivity index (χ3v) is 5.77. The quantitative estimate of drug-likeness (QED) is 0.879. The summed E-state index contributed by atoms with van der Waals surface area (Å²) in [5, 5.41) is 2.09. The fourth-order valence-corrected chi connectivity index (χ4v) is 4.46. The number of aryl methyl sites for hydroxylation is 1. The van der Waals surface area contributed by atoms with Gasteiger partial charge < -0.3 is 9.88 Å². The molecule has 0 unspecified atom stereocenters. The standard InChI is InChI=1S/C17H18N2O2S/c1-10-15-12(3-2-4-13(15)20)18-16(10)17(21)19-7-5-14-11(9-19)6-8-22-14/h6,8,18H,2-5,7,9H2,1H3. The van der Waals surface area contributed by atoms with Crippen molar-refractivity contribution in [2.45, 2.75) is 39.2 Å². The summed E-state index contributed by atoms with van der Waals surface area (Å²) < 4.78 is 0. The van der Waals surface area contributed by atoms with Crippen LogP contribution in [0, 0.1) is 6.92 Å². The average molecular weight is 314 g/mol. The number of thiophene rings is 1. The number of Topliss-reactive ketones (excluding diaryl/α,β-unsaturated/α-hetero) is 1. The summed E-state index contributed by atoms with van der Waals surface area (Å²) in [5.41, 5.74) is 4.42. The van der Waals surface area contributed by atoms with Crippen LogP contribution in [0.4, 0.5) is 0 Å². The lowest BCUT2D eigenvalue weighted by atomic mass is 9.93. The first-order valence-electron chi connectivity index (χ1n) is 7.74. The Labute approximate surface area is 133 Å². The Morgan fingerprint density at radius 3 is 3.00 bits per heavy atom. The molecule has 22 heavy (non-hydrogen) atoms. The molecule has 0 bridgehead atoms. The molecule has 2 aromatic heterocycles. The highest BCUT2D eigenvalue weighted by atomic mass is 32.1. The Morgan fingerprint density at radius 2 is 2.18 bits per heavy atom. The van der Waals surface area contributed by atoms with E-state index in [9.17, 15) is 9.59 Å². The van der Waals surface area contributed by atoms with Crippen LogP contribution in [0.1, 0.15) is 55.4 Å². The summed E-state index contributed by atoms with van der Waals surface area (Å²) in [4.78, 5) is 31.5. The molecule has 1 amide bonds. The Kier molecular flexibility index (Phi) is 3.18. The molecule has 0 radical (unpaired) electrons. The summed E-state index contributed by atoms with van der Waals surface area (Å²) in [6.45, 7) is 3.32. The first-order valence-corrected chi connectivity index (χ1v) is 8.62. The van der Waals surface area contributed by atoms with E-state index < -0.39 is 0 Å². The van der Waals surface area contributed by atoms with Crippen LogP contribution >= 0.6 is 11.3 Å². The van der Waals surface area contributed by atoms with Gasteiger partial charge in [0, 0.05) is 35.6 Å². The lowest BCUT2D eigenvalue weighted by Crippen LogP contribution is -2.35. The Hall–Kier alpha value is -1.88. The molecule has 0 saturated heterocycles. The number of carbonyl (C=O) groups is 2. The van der Waals surface area contributed by atoms with Gasteiger partial charge in [-0.05, 0) is 48.8 Å². The topological polar surface area (TPSA) is 53.2 Å². The van der Waals surface area contributed by atoms with Crippen molar-refractivity contribution in [3.8, 4) is 0 Å². The number of carbonyl (C=O) groups excluding carboxylic acids is 2. The van der Waals surface area contributed by atoms with Crippen molar-refractivity contribution in [1.29, 1.82) is 0 Å². The minimum Gasteiger partial charge on any atom is -0.354 e. The highest BCUT2D eigenvalue weighted by Gasteiger charge is 2.29. The molecule has 114 valence electrons. The van der Waals surface area contributed by atoms with E-state index in [1.807, 2.05) is 11.8 Å². The van der Waals surface area contributed by atoms with Gasteiger partial charge in [-0.3, -0.25) is 9.59 Å². The van der Waals surface area contributed by atoms with Crippen molar-refractivity contribution in [2.75, 3.05) is 6.54 Å². The summed E-state index contributed by atoms with van der Waals surface area (Å²) in [7, 11) is 0. The number of aromatic amines is 1. The number of hydrogen-bond donors (Lipinski definition) is 1. The molecule has 1 aliphatic heterocycles. The van der Waals surface area contributed by atoms with Gasteiger partial charge >= 0.3 is 0 Å². The lowest BCUT2D eigenvalue weighted by Gasteiger charge is -2.26. The molecule has 1 aliphatic carbocycles. The van der Waals surface area contributed by atoms with E-state index in [2.05, 4.69) is 16.4 Å². The molecule has 0 aromatic carbocycles. The maximum atomic E-state index is 12.9. The molecule has 4 nitrogen and oxygen atoms in total. The molecule has 4 rings (SSSR count). The summed E-state index contributed by atoms with van der Waals surface area (Å²) in [5.74, 6) is 0.198. The molecule has 3 heterocycles. The van der Waals surface area contributed by atoms with Crippen LogP contribution in [0.25, 0.3) is 0 Å². The molecule has 1 N–H and O–H groups in total. The number of fused-ring (bicyclic) bond motifs is 2. The van der Waals surface area contributed by atoms with Crippen molar-refractivity contribution in [1.82, 2.24) is 9.88 Å². The van der Waals surface area contributed by atoms with Crippen LogP contribution in [0.5, 0.6) is 0 Å². The number of aromatic nitrogens is 1. The SMILES string of the molecule is Cc1c(C(=O)N2CCc3sccc3C2)[nH]c2c1C(=O)CCC2. The molecule has 0 fully saturated rings. The molecule has 0 atom stereocenters. The number of nitrogens with zero attached hydrogens (tertiary/aromatic N) is 1. The summed E-state index contributed by atoms with van der Waals surface area (Å²) in [6, 6.07) is 2.11. The Morgan fingerprint density at radius 1 is 1.32 bits per heavy atom. The van der Waals surface area contributed by atoms with E-state index in [1.165, 1.54) is 10.4 Å². The molecule has 2 aromatic rings. The monoisotopic (exact) mass is 314 g/mol. The minimum absolute atomic E-state index is 0.0246. The first-order chi connectivity index (χ1) is 10.6. The zero-order chi connectivity index (χ0) is 15.3. The van der Waals surface area contributed by atoms with E-state index in [4.69, 9.17) is 0 Å². The molecule has 0 spiro atoms. The van der Waals surface area contributed by atoms with Crippen molar-refractivity contribution in [3.63, 3.8) is 0 Å². The number of amides is 1. The Bertz CT molecular complexity index is 772. The third-order valence-electron chi connectivity index (χ3n) is 4.75. The predicted molar refractivity (Wildman–Crippen MR) is 85.6 cm³/mol. The summed E-state index contributed by atoms with van der Waals surface area (Å²) in [6.07, 6.45) is 3.27. The van der Waals surface area contributed by atoms with Gasteiger partial charge in [-0.15, -0.1) is 11.3 Å². The van der Waals surface area contributed by atoms with Crippen LogP contribution in [-0.2, 0) is 19.4 Å². The van der Waals surface area contributed by atoms with E-state index in [1.54, 1.807) is 11.3 Å². The molecular weight excluding hydrogens is 296 g/mol. The molecule has 2 aliphatic rings. The maximum Gasteiger partial charge on any atom is 0.270 e. The number of hydrogen-bond acceptors (Lipinski definition) is 3. The van der Waals surface area contributed by atoms with E-state index >= 15 is 0 Å². The Balaban J connectivity index is 1.66. The van der Waals surface area contributed by atoms with Crippen molar-refractivity contribution in [3.05, 3.63) is 44.4 Å². The number of nitrogens with one attached hydrogen (secondary N) is 1. The van der Waals surface area contributed by atoms with E-state index in [0.717, 1.165) is 42.6 Å². The van der Waals surface area contributed by atoms with Crippen LogP contribution < -0.4 is 0 Å². The first kappa shape index (κ1) is 13.8. The second kappa shape index (κ2) is 5.09. The van der Waals surface area contributed by atoms with Gasteiger partial charge in [0.05, 0.1) is 0 Å². The number of rotatable bonds is 1. The van der Waals surface area contributed by atoms with Crippen LogP contribution in [0.3, 0.4) is 0 Å². The second-order valence-electron chi connectivity index (χ2n) is 6.10. The van der Waals surface area contributed by atoms with Gasteiger partial charge in [0.1, 0.15) is 5.69 Å². The highest BCUT2D eigenvalue weighted by molar-refractivity contribution is 7.10. The predicted octanol–water partition coefficient (Wildman–Crippen LogP) is 3.10. The normalized spacial score (nSPS) is 17.3. The van der Waals surface area contributed by atoms with Gasteiger partial charge in [0.15, 0.2) is 5.78 Å². The highest BCUT2D eigenvalue weighted by Crippen LogP contribution is 2.29. The zero-order valence-corrected chi connectivity index (χ0v) is 13.4. The van der Waals surface area contributed by atoms with Gasteiger partial charge in [-0.25, -0.2) is 0 Å². The van der Waals surface area contributed by atoms with Crippen LogP contribution in [-0.4, -0.2) is 28.1 Å². The largest absolute Gasteiger partial charge is 0.354 e. The van der Waals surface area contributed by atoms with Gasteiger partial charge in [0.2, 0.25) is 0 Å². The van der Waals surface area contributed by atoms with Crippen LogP contribution in [0.2, 0.25) is 0 Å². The van der Waals surface area contributed by atoms with E-state index in [0.29, 0.717) is 18.7 Å². The van der Waals surface area contributed by atoms with Crippen molar-refractivity contribution >= 4 is 23.0 Å². The zero-order valence-electron chi connectivity index (χ0n) is 12.6. The second-order valence-corrected chi connectivity index (χ2v) is 7.10. The fraction of sp³-hybridized carbons (Fsp3) is 0.412. The van der Waals surface area contributed by atoms with Crippen molar-refractivity contribution < 1.29 is 9.59 Å². The average Bonchev–Trinajstić information content (AvgIpc) is 3.11. The number of ketones is 1. The number of H-pyrrole nitrogens is 1. The summed E-state index contributed by atoms with van der Waals surface area (Å²) >= 11 is 1.77. The minimum atomic E-state index is 0.0246. The van der Waals surface area contributed by atoms with Gasteiger partial charge in [0.25, 0.3) is 5.91 Å². The van der Waals surface area contributed by atoms with Crippen molar-refractivity contribution in [2.24, 2.45) is 0 Å². The van der Waals surface area contributed by atoms with E-state index in [-0.39, 0.29) is 11.7 Å². The maximum absolute atomic E-state index is 12.9. The molecular formula is C17H18N2O2S. The third kappa shape index (κ3) is 2.03. The fourth-order valence-electron chi connectivity index (χ4n) is 3.57. The molecule has 0 saturated carbocycles. The van der Waals surface area contributed by atoms with Crippen LogP contribution in [0.15, 0.2) is 11.4 Å². The smallest absolute Gasteiger partial charge is 0.270 e. The lowest BCUT2D eigenvalue weighted by molar-refractivity contribution is 0.0729. The molecule has 5 heteroatoms. The van der Waals surface area contributed by atoms with Gasteiger partial charge in [-0.1, -0.05) is 0 Å².